The van der Waals surface area contributed by atoms with Gasteiger partial charge in [-0.3, -0.25) is 0 Å². The number of pyridine rings is 1. The Morgan fingerprint density at radius 2 is 1.59 bits per heavy atom. The van der Waals surface area contributed by atoms with Gasteiger partial charge in [0.2, 0.25) is 0 Å². The summed E-state index contributed by atoms with van der Waals surface area (Å²) in [5.41, 5.74) is 8.01. The van der Waals surface area contributed by atoms with Crippen LogP contribution in [0.4, 0.5) is 8.78 Å². The summed E-state index contributed by atoms with van der Waals surface area (Å²) in [6, 6.07) is 18.7. The number of aromatic carboxylic acids is 1. The number of rotatable bonds is 7. The number of carboxylic acid groups (broad SMARTS) is 1. The van der Waals surface area contributed by atoms with Crippen molar-refractivity contribution in [3.63, 3.8) is 0 Å². The number of hydrogen-bond donors (Lipinski definition) is 2. The largest absolute Gasteiger partial charge is 0.478 e. The SMILES string of the molecule is NCc1cccc(-c2cccc(Oc3nc(Oc4ccc(Cl)cc4C(=O)O)c(F)cc3F)c2)c1. The third-order valence-electron chi connectivity index (χ3n) is 4.79. The maximum atomic E-state index is 14.4. The van der Waals surface area contributed by atoms with E-state index >= 15 is 0 Å². The van der Waals surface area contributed by atoms with E-state index in [1.54, 1.807) is 18.2 Å². The van der Waals surface area contributed by atoms with Crippen LogP contribution in [0.2, 0.25) is 5.02 Å². The molecule has 0 amide bonds. The fraction of sp³-hybridized carbons (Fsp3) is 0.0400. The smallest absolute Gasteiger partial charge is 0.339 e. The van der Waals surface area contributed by atoms with Gasteiger partial charge < -0.3 is 20.3 Å². The molecular weight excluding hydrogens is 466 g/mol. The van der Waals surface area contributed by atoms with Gasteiger partial charge in [0.25, 0.3) is 11.8 Å². The number of nitrogens with two attached hydrogens (primary N) is 1. The number of aromatic nitrogens is 1. The van der Waals surface area contributed by atoms with E-state index in [9.17, 15) is 18.7 Å². The van der Waals surface area contributed by atoms with Gasteiger partial charge in [-0.2, -0.15) is 4.98 Å². The second-order valence-electron chi connectivity index (χ2n) is 7.14. The van der Waals surface area contributed by atoms with Crippen molar-refractivity contribution in [3.05, 3.63) is 101 Å². The molecule has 0 spiro atoms. The van der Waals surface area contributed by atoms with Crippen LogP contribution in [0.15, 0.2) is 72.8 Å². The van der Waals surface area contributed by atoms with Gasteiger partial charge in [-0.1, -0.05) is 41.9 Å². The standard InChI is InChI=1S/C25H17ClF2N2O4/c26-17-7-8-22(19(11-17)25(31)32)34-24-21(28)12-20(27)23(30-24)33-18-6-2-5-16(10-18)15-4-1-3-14(9-15)13-29/h1-12H,13,29H2,(H,31,32). The lowest BCUT2D eigenvalue weighted by molar-refractivity contribution is 0.0694. The molecule has 0 saturated heterocycles. The molecule has 0 unspecified atom stereocenters. The average Bonchev–Trinajstić information content (AvgIpc) is 2.83. The molecule has 0 bridgehead atoms. The van der Waals surface area contributed by atoms with Crippen molar-refractivity contribution in [3.8, 4) is 34.4 Å². The molecule has 4 rings (SSSR count). The molecule has 9 heteroatoms. The van der Waals surface area contributed by atoms with Gasteiger partial charge in [0.15, 0.2) is 11.6 Å². The van der Waals surface area contributed by atoms with Gasteiger partial charge in [0.1, 0.15) is 17.1 Å². The molecule has 0 saturated carbocycles. The fourth-order valence-electron chi connectivity index (χ4n) is 3.17. The number of benzene rings is 3. The zero-order chi connectivity index (χ0) is 24.2. The van der Waals surface area contributed by atoms with E-state index in [-0.39, 0.29) is 22.1 Å². The van der Waals surface area contributed by atoms with Gasteiger partial charge >= 0.3 is 5.97 Å². The van der Waals surface area contributed by atoms with Crippen LogP contribution < -0.4 is 15.2 Å². The van der Waals surface area contributed by atoms with E-state index in [0.717, 1.165) is 22.8 Å². The van der Waals surface area contributed by atoms with Gasteiger partial charge in [0, 0.05) is 17.6 Å². The number of carboxylic acids is 1. The van der Waals surface area contributed by atoms with Crippen LogP contribution in [0.3, 0.4) is 0 Å². The zero-order valence-electron chi connectivity index (χ0n) is 17.5. The maximum Gasteiger partial charge on any atom is 0.339 e. The van der Waals surface area contributed by atoms with E-state index in [4.69, 9.17) is 26.8 Å². The molecule has 172 valence electrons. The highest BCUT2D eigenvalue weighted by molar-refractivity contribution is 6.31. The van der Waals surface area contributed by atoms with Crippen LogP contribution >= 0.6 is 11.6 Å². The Bertz CT molecular complexity index is 1380. The minimum atomic E-state index is -1.34. The molecule has 0 aliphatic heterocycles. The van der Waals surface area contributed by atoms with Crippen LogP contribution in [0.1, 0.15) is 15.9 Å². The van der Waals surface area contributed by atoms with Crippen LogP contribution in [0.5, 0.6) is 23.3 Å². The minimum Gasteiger partial charge on any atom is -0.478 e. The van der Waals surface area contributed by atoms with Crippen LogP contribution in [-0.4, -0.2) is 16.1 Å². The average molecular weight is 483 g/mol. The summed E-state index contributed by atoms with van der Waals surface area (Å²) in [6.07, 6.45) is 0. The van der Waals surface area contributed by atoms with Crippen molar-refractivity contribution < 1.29 is 28.2 Å². The molecule has 0 fully saturated rings. The summed E-state index contributed by atoms with van der Waals surface area (Å²) < 4.78 is 39.7. The molecule has 0 aliphatic rings. The monoisotopic (exact) mass is 482 g/mol. The van der Waals surface area contributed by atoms with Crippen molar-refractivity contribution in [1.82, 2.24) is 4.98 Å². The van der Waals surface area contributed by atoms with Gasteiger partial charge in [0.05, 0.1) is 0 Å². The third-order valence-corrected chi connectivity index (χ3v) is 5.02. The van der Waals surface area contributed by atoms with Gasteiger partial charge in [-0.25, -0.2) is 13.6 Å². The van der Waals surface area contributed by atoms with Crippen molar-refractivity contribution in [1.29, 1.82) is 0 Å². The molecule has 3 N–H and O–H groups in total. The van der Waals surface area contributed by atoms with Crippen molar-refractivity contribution >= 4 is 17.6 Å². The Hall–Kier alpha value is -4.01. The van der Waals surface area contributed by atoms with E-state index in [0.29, 0.717) is 12.6 Å². The number of ether oxygens (including phenoxy) is 2. The van der Waals surface area contributed by atoms with Crippen LogP contribution in [0, 0.1) is 11.6 Å². The Morgan fingerprint density at radius 1 is 0.912 bits per heavy atom. The van der Waals surface area contributed by atoms with Crippen molar-refractivity contribution in [2.45, 2.75) is 6.54 Å². The molecule has 1 heterocycles. The van der Waals surface area contributed by atoms with Crippen LogP contribution in [-0.2, 0) is 6.54 Å². The normalized spacial score (nSPS) is 10.7. The molecule has 34 heavy (non-hydrogen) atoms. The summed E-state index contributed by atoms with van der Waals surface area (Å²) in [4.78, 5) is 15.2. The third kappa shape index (κ3) is 5.14. The molecule has 4 aromatic rings. The van der Waals surface area contributed by atoms with E-state index in [1.807, 2.05) is 30.3 Å². The summed E-state index contributed by atoms with van der Waals surface area (Å²) in [7, 11) is 0. The molecule has 6 nitrogen and oxygen atoms in total. The second-order valence-corrected chi connectivity index (χ2v) is 7.58. The summed E-state index contributed by atoms with van der Waals surface area (Å²) >= 11 is 5.82. The Labute approximate surface area is 198 Å². The number of hydrogen-bond acceptors (Lipinski definition) is 5. The fourth-order valence-corrected chi connectivity index (χ4v) is 3.34. The second kappa shape index (κ2) is 9.86. The predicted octanol–water partition coefficient (Wildman–Crippen LogP) is 6.42. The molecular formula is C25H17ClF2N2O4. The Kier molecular flexibility index (Phi) is 6.72. The molecule has 0 aliphatic carbocycles. The summed E-state index contributed by atoms with van der Waals surface area (Å²) in [5, 5.41) is 9.49. The lowest BCUT2D eigenvalue weighted by Crippen LogP contribution is -2.03. The Morgan fingerprint density at radius 3 is 2.29 bits per heavy atom. The van der Waals surface area contributed by atoms with Gasteiger partial charge in [-0.05, 0) is 53.1 Å². The maximum absolute atomic E-state index is 14.4. The summed E-state index contributed by atoms with van der Waals surface area (Å²) in [6.45, 7) is 0.384. The first-order valence-corrected chi connectivity index (χ1v) is 10.4. The number of halogens is 3. The highest BCUT2D eigenvalue weighted by Crippen LogP contribution is 2.33. The first kappa shape index (κ1) is 23.2. The van der Waals surface area contributed by atoms with E-state index in [2.05, 4.69) is 4.98 Å². The molecule has 0 atom stereocenters. The lowest BCUT2D eigenvalue weighted by Gasteiger charge is -2.12. The zero-order valence-corrected chi connectivity index (χ0v) is 18.2. The molecule has 1 aromatic heterocycles. The van der Waals surface area contributed by atoms with E-state index in [1.165, 1.54) is 12.1 Å². The molecule has 3 aromatic carbocycles. The van der Waals surface area contributed by atoms with Crippen molar-refractivity contribution in [2.75, 3.05) is 0 Å². The van der Waals surface area contributed by atoms with Crippen molar-refractivity contribution in [2.24, 2.45) is 5.73 Å². The highest BCUT2D eigenvalue weighted by atomic mass is 35.5. The first-order valence-electron chi connectivity index (χ1n) is 9.98. The van der Waals surface area contributed by atoms with Crippen LogP contribution in [0.25, 0.3) is 11.1 Å². The highest BCUT2D eigenvalue weighted by Gasteiger charge is 2.19. The van der Waals surface area contributed by atoms with E-state index < -0.39 is 29.4 Å². The number of carbonyl (C=O) groups is 1. The van der Waals surface area contributed by atoms with Gasteiger partial charge in [-0.15, -0.1) is 0 Å². The summed E-state index contributed by atoms with van der Waals surface area (Å²) in [5.74, 6) is -4.71. The lowest BCUT2D eigenvalue weighted by atomic mass is 10.0. The topological polar surface area (TPSA) is 94.7 Å². The first-order chi connectivity index (χ1) is 16.3. The molecule has 0 radical (unpaired) electrons. The minimum absolute atomic E-state index is 0.151. The number of nitrogens with zero attached hydrogens (tertiary/aromatic N) is 1. The predicted molar refractivity (Wildman–Crippen MR) is 122 cm³/mol. The quantitative estimate of drug-likeness (QED) is 0.315. The Balaban J connectivity index is 1.64.